The van der Waals surface area contributed by atoms with Crippen LogP contribution in [0.15, 0.2) is 12.3 Å². The molecule has 0 amide bonds. The first-order valence-electron chi connectivity index (χ1n) is 7.39. The van der Waals surface area contributed by atoms with Gasteiger partial charge in [-0.3, -0.25) is 0 Å². The Morgan fingerprint density at radius 3 is 2.89 bits per heavy atom. The number of fused-ring (bicyclic) bond motifs is 1. The van der Waals surface area contributed by atoms with Crippen LogP contribution >= 0.6 is 11.8 Å². The van der Waals surface area contributed by atoms with Crippen molar-refractivity contribution in [3.05, 3.63) is 23.5 Å². The maximum atomic E-state index is 10.3. The van der Waals surface area contributed by atoms with Crippen molar-refractivity contribution in [1.82, 2.24) is 4.57 Å². The normalized spacial score (nSPS) is 33.4. The summed E-state index contributed by atoms with van der Waals surface area (Å²) in [6.45, 7) is 8.02. The summed E-state index contributed by atoms with van der Waals surface area (Å²) in [7, 11) is 0. The molecule has 3 heteroatoms. The van der Waals surface area contributed by atoms with Gasteiger partial charge in [0.15, 0.2) is 0 Å². The number of aromatic nitrogens is 1. The van der Waals surface area contributed by atoms with Crippen molar-refractivity contribution in [3.8, 4) is 0 Å². The molecule has 1 aliphatic carbocycles. The second-order valence-electron chi connectivity index (χ2n) is 7.31. The van der Waals surface area contributed by atoms with Gasteiger partial charge in [-0.15, -0.1) is 0 Å². The van der Waals surface area contributed by atoms with Crippen molar-refractivity contribution < 1.29 is 5.11 Å². The molecule has 0 bridgehead atoms. The number of aliphatic hydroxyl groups excluding tert-OH is 1. The standard InChI is InChI=1S/C16H25NOS/c1-15(2)9-13-12(14(18)10-15)5-7-17(13)11-16(3)6-4-8-19-16/h5,7,14,18H,4,6,8-11H2,1-3H3. The molecule has 0 spiro atoms. The molecule has 1 aromatic rings. The van der Waals surface area contributed by atoms with E-state index < -0.39 is 0 Å². The Balaban J connectivity index is 1.88. The number of hydrogen-bond donors (Lipinski definition) is 1. The van der Waals surface area contributed by atoms with Crippen molar-refractivity contribution in [2.75, 3.05) is 5.75 Å². The summed E-state index contributed by atoms with van der Waals surface area (Å²) >= 11 is 2.11. The van der Waals surface area contributed by atoms with Crippen molar-refractivity contribution >= 4 is 11.8 Å². The van der Waals surface area contributed by atoms with Crippen LogP contribution in [0.1, 0.15) is 57.4 Å². The molecule has 1 saturated heterocycles. The number of hydrogen-bond acceptors (Lipinski definition) is 2. The van der Waals surface area contributed by atoms with E-state index in [1.54, 1.807) is 0 Å². The lowest BCUT2D eigenvalue weighted by molar-refractivity contribution is 0.0978. The zero-order chi connectivity index (χ0) is 13.7. The fourth-order valence-corrected chi connectivity index (χ4v) is 4.96. The Kier molecular flexibility index (Phi) is 3.25. The van der Waals surface area contributed by atoms with E-state index in [9.17, 15) is 5.11 Å². The molecule has 2 heterocycles. The fourth-order valence-electron chi connectivity index (χ4n) is 3.66. The largest absolute Gasteiger partial charge is 0.388 e. The van der Waals surface area contributed by atoms with Crippen LogP contribution in [0.2, 0.25) is 0 Å². The van der Waals surface area contributed by atoms with Gasteiger partial charge in [-0.25, -0.2) is 0 Å². The van der Waals surface area contributed by atoms with Gasteiger partial charge in [-0.1, -0.05) is 13.8 Å². The summed E-state index contributed by atoms with van der Waals surface area (Å²) in [6.07, 6.45) is 6.56. The molecule has 0 aromatic carbocycles. The topological polar surface area (TPSA) is 25.2 Å². The summed E-state index contributed by atoms with van der Waals surface area (Å²) in [5, 5.41) is 10.3. The predicted octanol–water partition coefficient (Wildman–Crippen LogP) is 3.78. The molecule has 0 radical (unpaired) electrons. The van der Waals surface area contributed by atoms with Gasteiger partial charge in [0.25, 0.3) is 0 Å². The van der Waals surface area contributed by atoms with E-state index in [1.165, 1.54) is 29.9 Å². The van der Waals surface area contributed by atoms with Crippen LogP contribution in [-0.2, 0) is 13.0 Å². The minimum absolute atomic E-state index is 0.215. The summed E-state index contributed by atoms with van der Waals surface area (Å²) in [6, 6.07) is 2.14. The second kappa shape index (κ2) is 4.56. The van der Waals surface area contributed by atoms with E-state index in [0.717, 1.165) is 19.4 Å². The van der Waals surface area contributed by atoms with Gasteiger partial charge in [-0.2, -0.15) is 11.8 Å². The third-order valence-electron chi connectivity index (χ3n) is 4.67. The van der Waals surface area contributed by atoms with E-state index in [2.05, 4.69) is 49.4 Å². The molecule has 2 nitrogen and oxygen atoms in total. The van der Waals surface area contributed by atoms with Gasteiger partial charge in [0.1, 0.15) is 0 Å². The molecule has 1 aliphatic heterocycles. The lowest BCUT2D eigenvalue weighted by atomic mass is 9.75. The van der Waals surface area contributed by atoms with E-state index in [4.69, 9.17) is 0 Å². The zero-order valence-electron chi connectivity index (χ0n) is 12.3. The van der Waals surface area contributed by atoms with Crippen molar-refractivity contribution in [2.45, 2.75) is 63.9 Å². The predicted molar refractivity (Wildman–Crippen MR) is 81.6 cm³/mol. The van der Waals surface area contributed by atoms with Gasteiger partial charge < -0.3 is 9.67 Å². The fraction of sp³-hybridized carbons (Fsp3) is 0.750. The first kappa shape index (κ1) is 13.6. The molecule has 19 heavy (non-hydrogen) atoms. The van der Waals surface area contributed by atoms with Gasteiger partial charge in [0, 0.05) is 28.7 Å². The Hall–Kier alpha value is -0.410. The van der Waals surface area contributed by atoms with Crippen LogP contribution in [-0.4, -0.2) is 20.2 Å². The highest BCUT2D eigenvalue weighted by molar-refractivity contribution is 8.00. The van der Waals surface area contributed by atoms with Gasteiger partial charge >= 0.3 is 0 Å². The highest BCUT2D eigenvalue weighted by Gasteiger charge is 2.35. The van der Waals surface area contributed by atoms with Crippen LogP contribution < -0.4 is 0 Å². The summed E-state index contributed by atoms with van der Waals surface area (Å²) in [5.41, 5.74) is 2.76. The first-order valence-corrected chi connectivity index (χ1v) is 8.37. The Morgan fingerprint density at radius 2 is 2.21 bits per heavy atom. The highest BCUT2D eigenvalue weighted by Crippen LogP contribution is 2.43. The van der Waals surface area contributed by atoms with Gasteiger partial charge in [-0.05, 0) is 49.8 Å². The molecule has 1 fully saturated rings. The number of thioether (sulfide) groups is 1. The Bertz CT molecular complexity index is 471. The van der Waals surface area contributed by atoms with Crippen LogP contribution in [0, 0.1) is 5.41 Å². The van der Waals surface area contributed by atoms with E-state index in [-0.39, 0.29) is 11.5 Å². The summed E-state index contributed by atoms with van der Waals surface area (Å²) in [4.78, 5) is 0. The van der Waals surface area contributed by atoms with Crippen LogP contribution in [0.3, 0.4) is 0 Å². The molecule has 1 N–H and O–H groups in total. The molecule has 106 valence electrons. The average Bonchev–Trinajstić information content (AvgIpc) is 2.86. The quantitative estimate of drug-likeness (QED) is 0.891. The molecular weight excluding hydrogens is 254 g/mol. The zero-order valence-corrected chi connectivity index (χ0v) is 13.1. The SMILES string of the molecule is CC1(C)Cc2c(ccn2CC2(C)CCCS2)C(O)C1. The van der Waals surface area contributed by atoms with E-state index >= 15 is 0 Å². The summed E-state index contributed by atoms with van der Waals surface area (Å²) in [5.74, 6) is 1.30. The first-order chi connectivity index (χ1) is 8.89. The van der Waals surface area contributed by atoms with Crippen molar-refractivity contribution in [2.24, 2.45) is 5.41 Å². The lowest BCUT2D eigenvalue weighted by Gasteiger charge is -2.35. The molecule has 2 atom stereocenters. The molecule has 1 aromatic heterocycles. The maximum Gasteiger partial charge on any atom is 0.0812 e. The smallest absolute Gasteiger partial charge is 0.0812 e. The van der Waals surface area contributed by atoms with E-state index in [0.29, 0.717) is 4.75 Å². The van der Waals surface area contributed by atoms with E-state index in [1.807, 2.05) is 0 Å². The lowest BCUT2D eigenvalue weighted by Crippen LogP contribution is -2.30. The molecule has 2 aliphatic rings. The van der Waals surface area contributed by atoms with Crippen LogP contribution in [0.5, 0.6) is 0 Å². The van der Waals surface area contributed by atoms with Crippen molar-refractivity contribution in [3.63, 3.8) is 0 Å². The maximum absolute atomic E-state index is 10.3. The minimum Gasteiger partial charge on any atom is -0.388 e. The molecular formula is C16H25NOS. The Labute approximate surface area is 120 Å². The number of aliphatic hydroxyl groups is 1. The molecule has 0 saturated carbocycles. The third kappa shape index (κ3) is 2.59. The summed E-state index contributed by atoms with van der Waals surface area (Å²) < 4.78 is 2.80. The van der Waals surface area contributed by atoms with Crippen LogP contribution in [0.25, 0.3) is 0 Å². The van der Waals surface area contributed by atoms with Crippen LogP contribution in [0.4, 0.5) is 0 Å². The minimum atomic E-state index is -0.274. The monoisotopic (exact) mass is 279 g/mol. The van der Waals surface area contributed by atoms with Crippen molar-refractivity contribution in [1.29, 1.82) is 0 Å². The van der Waals surface area contributed by atoms with Gasteiger partial charge in [0.2, 0.25) is 0 Å². The second-order valence-corrected chi connectivity index (χ2v) is 8.99. The average molecular weight is 279 g/mol. The molecule has 2 unspecified atom stereocenters. The number of rotatable bonds is 2. The Morgan fingerprint density at radius 1 is 1.42 bits per heavy atom. The number of nitrogens with zero attached hydrogens (tertiary/aromatic N) is 1. The highest BCUT2D eigenvalue weighted by atomic mass is 32.2. The molecule has 3 rings (SSSR count). The van der Waals surface area contributed by atoms with Gasteiger partial charge in [0.05, 0.1) is 6.10 Å². The third-order valence-corrected chi connectivity index (χ3v) is 6.19.